The minimum Gasteiger partial charge on any atom is -0.600 e. The molecule has 6 heteroatoms. The van der Waals surface area contributed by atoms with Crippen LogP contribution in [0.25, 0.3) is 0 Å². The van der Waals surface area contributed by atoms with Gasteiger partial charge in [-0.3, -0.25) is 4.79 Å². The van der Waals surface area contributed by atoms with Crippen molar-refractivity contribution >= 4 is 5.78 Å². The van der Waals surface area contributed by atoms with Crippen LogP contribution in [-0.2, 0) is 9.53 Å². The second-order valence-corrected chi connectivity index (χ2v) is 6.40. The minimum atomic E-state index is -0.823. The fraction of sp³-hybridized carbons (Fsp3) is 0.933. The average molecular weight is 301 g/mol. The van der Waals surface area contributed by atoms with Crippen LogP contribution in [0.5, 0.6) is 0 Å². The first-order chi connectivity index (χ1) is 10.1. The Kier molecular flexibility index (Phi) is 6.57. The van der Waals surface area contributed by atoms with E-state index >= 15 is 0 Å². The smallest absolute Gasteiger partial charge is 0.190 e. The number of hydrogen-bond donors (Lipinski definition) is 3. The summed E-state index contributed by atoms with van der Waals surface area (Å²) >= 11 is 0. The number of carbonyl (C=O) groups is 1. The van der Waals surface area contributed by atoms with Crippen LogP contribution in [0.1, 0.15) is 45.4 Å². The maximum atomic E-state index is 12.4. The molecule has 1 aliphatic carbocycles. The second kappa shape index (κ2) is 8.19. The Bertz CT molecular complexity index is 332. The van der Waals surface area contributed by atoms with Crippen LogP contribution >= 0.6 is 0 Å². The predicted molar refractivity (Wildman–Crippen MR) is 77.1 cm³/mol. The molecule has 0 aromatic rings. The highest BCUT2D eigenvalue weighted by Crippen LogP contribution is 2.26. The summed E-state index contributed by atoms with van der Waals surface area (Å²) in [6.45, 7) is 5.17. The number of carbonyl (C=O) groups excluding carboxylic acids is 1. The lowest BCUT2D eigenvalue weighted by molar-refractivity contribution is -1.07. The van der Waals surface area contributed by atoms with Gasteiger partial charge in [-0.15, -0.1) is 0 Å². The number of ether oxygens (including phenoxy) is 1. The van der Waals surface area contributed by atoms with E-state index in [2.05, 4.69) is 0 Å². The van der Waals surface area contributed by atoms with Gasteiger partial charge in [0.05, 0.1) is 13.1 Å². The number of quaternary nitrogens is 2. The van der Waals surface area contributed by atoms with Crippen molar-refractivity contribution in [2.24, 2.45) is 5.92 Å². The number of hydrogen-bond acceptors (Lipinski definition) is 4. The molecule has 3 N–H and O–H groups in total. The molecule has 1 saturated carbocycles. The predicted octanol–water partition coefficient (Wildman–Crippen LogP) is -1.03. The molecule has 122 valence electrons. The summed E-state index contributed by atoms with van der Waals surface area (Å²) in [5.41, 5.74) is 0. The van der Waals surface area contributed by atoms with Gasteiger partial charge in [0.25, 0.3) is 0 Å². The number of hydroxylamine groups is 2. The quantitative estimate of drug-likeness (QED) is 0.548. The Labute approximate surface area is 126 Å². The third kappa shape index (κ3) is 4.72. The van der Waals surface area contributed by atoms with Gasteiger partial charge in [-0.25, -0.2) is 10.4 Å². The molecule has 2 fully saturated rings. The molecule has 1 aliphatic heterocycles. The van der Waals surface area contributed by atoms with Gasteiger partial charge >= 0.3 is 0 Å². The summed E-state index contributed by atoms with van der Waals surface area (Å²) in [6.07, 6.45) is 5.38. The van der Waals surface area contributed by atoms with E-state index in [0.717, 1.165) is 19.5 Å². The number of piperidine rings is 1. The zero-order valence-electron chi connectivity index (χ0n) is 13.0. The lowest BCUT2D eigenvalue weighted by Crippen LogP contribution is -3.14. The zero-order valence-corrected chi connectivity index (χ0v) is 13.0. The molecule has 4 unspecified atom stereocenters. The topological polar surface area (TPSA) is 78.5 Å². The maximum Gasteiger partial charge on any atom is 0.190 e. The molecule has 0 aromatic heterocycles. The number of ketones is 1. The van der Waals surface area contributed by atoms with Crippen molar-refractivity contribution in [3.8, 4) is 0 Å². The summed E-state index contributed by atoms with van der Waals surface area (Å²) in [4.78, 5) is 13.8. The number of likely N-dealkylation sites (tertiary alicyclic amines) is 1. The second-order valence-electron chi connectivity index (χ2n) is 6.40. The Morgan fingerprint density at radius 3 is 2.67 bits per heavy atom. The van der Waals surface area contributed by atoms with Crippen LogP contribution < -0.4 is 10.1 Å². The number of rotatable bonds is 6. The van der Waals surface area contributed by atoms with E-state index in [1.54, 1.807) is 0 Å². The summed E-state index contributed by atoms with van der Waals surface area (Å²) in [6, 6.07) is -0.524. The molecule has 2 rings (SSSR count). The van der Waals surface area contributed by atoms with E-state index in [1.807, 2.05) is 6.92 Å². The van der Waals surface area contributed by atoms with Crippen LogP contribution in [0.15, 0.2) is 0 Å². The molecule has 0 bridgehead atoms. The largest absolute Gasteiger partial charge is 0.600 e. The van der Waals surface area contributed by atoms with Crippen molar-refractivity contribution in [3.63, 3.8) is 0 Å². The molecule has 6 nitrogen and oxygen atoms in total. The van der Waals surface area contributed by atoms with Crippen molar-refractivity contribution in [1.82, 2.24) is 0 Å². The van der Waals surface area contributed by atoms with Crippen LogP contribution in [0.2, 0.25) is 0 Å². The highest BCUT2D eigenvalue weighted by Gasteiger charge is 2.39. The normalized spacial score (nSPS) is 32.8. The molecule has 0 amide bonds. The minimum absolute atomic E-state index is 0.0859. The van der Waals surface area contributed by atoms with Crippen LogP contribution in [0, 0.1) is 11.1 Å². The Morgan fingerprint density at radius 2 is 2.05 bits per heavy atom. The van der Waals surface area contributed by atoms with Gasteiger partial charge in [-0.1, -0.05) is 0 Å². The van der Waals surface area contributed by atoms with Crippen molar-refractivity contribution in [2.45, 2.75) is 57.6 Å². The third-order valence-corrected chi connectivity index (χ3v) is 4.93. The van der Waals surface area contributed by atoms with Gasteiger partial charge in [-0.2, -0.15) is 0 Å². The van der Waals surface area contributed by atoms with Gasteiger partial charge in [0, 0.05) is 18.9 Å². The van der Waals surface area contributed by atoms with E-state index in [1.165, 1.54) is 24.2 Å². The van der Waals surface area contributed by atoms with Crippen molar-refractivity contribution in [1.29, 1.82) is 0 Å². The zero-order chi connectivity index (χ0) is 15.2. The summed E-state index contributed by atoms with van der Waals surface area (Å²) in [7, 11) is 0. The first-order valence-electron chi connectivity index (χ1n) is 8.32. The van der Waals surface area contributed by atoms with E-state index < -0.39 is 11.3 Å². The van der Waals surface area contributed by atoms with Crippen LogP contribution in [0.3, 0.4) is 0 Å². The van der Waals surface area contributed by atoms with Gasteiger partial charge in [0.1, 0.15) is 18.7 Å². The number of nitrogens with one attached hydrogen (secondary N) is 2. The fourth-order valence-electron chi connectivity index (χ4n) is 3.73. The molecular formula is C15H29N2O4+. The van der Waals surface area contributed by atoms with Crippen LogP contribution in [0.4, 0.5) is 0 Å². The summed E-state index contributed by atoms with van der Waals surface area (Å²) in [5, 5.41) is 19.9. The van der Waals surface area contributed by atoms with E-state index in [0.29, 0.717) is 26.0 Å². The van der Waals surface area contributed by atoms with Crippen molar-refractivity contribution < 1.29 is 24.9 Å². The lowest BCUT2D eigenvalue weighted by atomic mass is 9.81. The first-order valence-corrected chi connectivity index (χ1v) is 8.32. The van der Waals surface area contributed by atoms with Crippen molar-refractivity contribution in [3.05, 3.63) is 5.21 Å². The molecule has 2 aliphatic rings. The highest BCUT2D eigenvalue weighted by molar-refractivity contribution is 5.82. The van der Waals surface area contributed by atoms with Gasteiger partial charge in [-0.05, 0) is 39.0 Å². The maximum absolute atomic E-state index is 12.4. The van der Waals surface area contributed by atoms with E-state index in [4.69, 9.17) is 4.74 Å². The van der Waals surface area contributed by atoms with E-state index in [9.17, 15) is 15.2 Å². The molecule has 0 radical (unpaired) electrons. The van der Waals surface area contributed by atoms with Gasteiger partial charge in [0.2, 0.25) is 0 Å². The molecule has 0 spiro atoms. The average Bonchev–Trinajstić information content (AvgIpc) is 2.48. The summed E-state index contributed by atoms with van der Waals surface area (Å²) in [5.74, 6) is 0.172. The molecule has 1 heterocycles. The Morgan fingerprint density at radius 1 is 1.33 bits per heavy atom. The first kappa shape index (κ1) is 16.8. The molecule has 1 saturated heterocycles. The molecule has 0 aromatic carbocycles. The lowest BCUT2D eigenvalue weighted by Gasteiger charge is -2.37. The third-order valence-electron chi connectivity index (χ3n) is 4.93. The molecular weight excluding hydrogens is 272 g/mol. The van der Waals surface area contributed by atoms with Crippen molar-refractivity contribution in [2.75, 3.05) is 26.2 Å². The summed E-state index contributed by atoms with van der Waals surface area (Å²) < 4.78 is 5.54. The Balaban J connectivity index is 1.87. The molecule has 21 heavy (non-hydrogen) atoms. The standard InChI is InChI=1S/C15H28N2O4/c1-2-21-15-7-6-12(10-13(15)17(19)20)14(18)11-16-8-4-3-5-9-16/h12-13,15,17,19H,2-11H2,1H3/p+1. The Hall–Kier alpha value is -0.530. The fourth-order valence-corrected chi connectivity index (χ4v) is 3.73. The SMILES string of the molecule is CCOC1CCC(C(=O)C[NH+]2CCCCC2)CC1[NH+]([O-])O. The van der Waals surface area contributed by atoms with Crippen LogP contribution in [-0.4, -0.2) is 49.4 Å². The van der Waals surface area contributed by atoms with Gasteiger partial charge < -0.3 is 14.8 Å². The molecule has 4 atom stereocenters. The van der Waals surface area contributed by atoms with Gasteiger partial charge in [0.15, 0.2) is 5.78 Å². The monoisotopic (exact) mass is 301 g/mol. The van der Waals surface area contributed by atoms with E-state index in [-0.39, 0.29) is 17.8 Å². The number of Topliss-reactive ketones (excluding diaryl/α,β-unsaturated/α-hetero) is 1. The highest BCUT2D eigenvalue weighted by atomic mass is 16.8.